The zero-order valence-electron chi connectivity index (χ0n) is 19.3. The van der Waals surface area contributed by atoms with Gasteiger partial charge in [0.05, 0.1) is 30.3 Å². The second kappa shape index (κ2) is 9.18. The number of unbranched alkanes of at least 4 members (excludes halogenated alkanes) is 1. The number of aliphatic hydroxyl groups is 1. The second-order valence-electron chi connectivity index (χ2n) is 9.16. The van der Waals surface area contributed by atoms with E-state index in [2.05, 4.69) is 5.32 Å². The van der Waals surface area contributed by atoms with Gasteiger partial charge in [-0.3, -0.25) is 14.4 Å². The van der Waals surface area contributed by atoms with Gasteiger partial charge in [-0.1, -0.05) is 0 Å². The van der Waals surface area contributed by atoms with Crippen molar-refractivity contribution in [2.45, 2.75) is 55.1 Å². The van der Waals surface area contributed by atoms with Crippen molar-refractivity contribution < 1.29 is 29.0 Å². The van der Waals surface area contributed by atoms with Gasteiger partial charge in [-0.25, -0.2) is 0 Å². The number of benzene rings is 1. The molecule has 3 aliphatic heterocycles. The van der Waals surface area contributed by atoms with Crippen LogP contribution in [0.1, 0.15) is 39.5 Å². The van der Waals surface area contributed by atoms with Crippen molar-refractivity contribution in [3.05, 3.63) is 24.3 Å². The molecule has 8 nitrogen and oxygen atoms in total. The number of amides is 2. The van der Waals surface area contributed by atoms with E-state index in [1.54, 1.807) is 55.0 Å². The summed E-state index contributed by atoms with van der Waals surface area (Å²) < 4.78 is 9.47. The standard InChI is InChI=1S/C24H32N2O6S/c1-4-32-22(30)18-17-21(29)26(13-5-6-14-27)19(24(17)12-11-23(18,2)33-24)20(28)25-15-7-9-16(31-3)10-8-15/h7-10,17-19,27H,4-6,11-14H2,1-3H3,(H,25,28)/t17-,18+,19?,23-,24?/m0/s1. The van der Waals surface area contributed by atoms with Crippen LogP contribution in [0.15, 0.2) is 24.3 Å². The third-order valence-electron chi connectivity index (χ3n) is 7.23. The van der Waals surface area contributed by atoms with Crippen LogP contribution in [0.5, 0.6) is 5.75 Å². The van der Waals surface area contributed by atoms with Crippen molar-refractivity contribution in [3.63, 3.8) is 0 Å². The van der Waals surface area contributed by atoms with Crippen LogP contribution in [-0.2, 0) is 19.1 Å². The summed E-state index contributed by atoms with van der Waals surface area (Å²) in [7, 11) is 1.58. The van der Waals surface area contributed by atoms with Crippen LogP contribution in [0.4, 0.5) is 5.69 Å². The Balaban J connectivity index is 1.67. The van der Waals surface area contributed by atoms with E-state index in [4.69, 9.17) is 9.47 Å². The molecule has 2 unspecified atom stereocenters. The highest BCUT2D eigenvalue weighted by molar-refractivity contribution is 8.02. The average Bonchev–Trinajstić information content (AvgIpc) is 3.35. The van der Waals surface area contributed by atoms with E-state index in [-0.39, 0.29) is 31.0 Å². The molecule has 2 bridgehead atoms. The topological polar surface area (TPSA) is 105 Å². The van der Waals surface area contributed by atoms with Crippen LogP contribution in [-0.4, -0.2) is 70.2 Å². The number of fused-ring (bicyclic) bond motifs is 1. The van der Waals surface area contributed by atoms with Crippen LogP contribution in [0.3, 0.4) is 0 Å². The molecular weight excluding hydrogens is 444 g/mol. The molecule has 1 aromatic rings. The monoisotopic (exact) mass is 476 g/mol. The number of likely N-dealkylation sites (tertiary alicyclic amines) is 1. The minimum absolute atomic E-state index is 0.0254. The SMILES string of the molecule is CCOC(=O)[C@H]1[C@H]2C(=O)N(CCCCO)C(C(=O)Nc3ccc(OC)cc3)C23CC[C@]1(C)S3. The van der Waals surface area contributed by atoms with Crippen molar-refractivity contribution in [1.82, 2.24) is 4.90 Å². The summed E-state index contributed by atoms with van der Waals surface area (Å²) in [5.41, 5.74) is 0.620. The third-order valence-corrected chi connectivity index (χ3v) is 9.22. The maximum Gasteiger partial charge on any atom is 0.311 e. The van der Waals surface area contributed by atoms with E-state index >= 15 is 0 Å². The van der Waals surface area contributed by atoms with Crippen LogP contribution in [0.2, 0.25) is 0 Å². The van der Waals surface area contributed by atoms with E-state index in [0.717, 1.165) is 6.42 Å². The van der Waals surface area contributed by atoms with Crippen LogP contribution in [0, 0.1) is 11.8 Å². The van der Waals surface area contributed by atoms with Crippen molar-refractivity contribution in [3.8, 4) is 5.75 Å². The van der Waals surface area contributed by atoms with E-state index in [1.807, 2.05) is 6.92 Å². The van der Waals surface area contributed by atoms with Gasteiger partial charge in [0.1, 0.15) is 11.8 Å². The normalized spacial score (nSPS) is 32.1. The smallest absolute Gasteiger partial charge is 0.311 e. The van der Waals surface area contributed by atoms with Crippen molar-refractivity contribution in [1.29, 1.82) is 0 Å². The summed E-state index contributed by atoms with van der Waals surface area (Å²) >= 11 is 1.62. The summed E-state index contributed by atoms with van der Waals surface area (Å²) in [6.07, 6.45) is 2.57. The molecule has 2 amide bonds. The Bertz CT molecular complexity index is 924. The molecule has 3 aliphatic rings. The molecule has 0 aromatic heterocycles. The lowest BCUT2D eigenvalue weighted by Crippen LogP contribution is -2.51. The molecule has 1 spiro atoms. The molecule has 0 aliphatic carbocycles. The molecule has 1 aromatic carbocycles. The number of nitrogens with zero attached hydrogens (tertiary/aromatic N) is 1. The number of anilines is 1. The first-order chi connectivity index (χ1) is 15.8. The number of ether oxygens (including phenoxy) is 2. The molecule has 3 saturated heterocycles. The maximum atomic E-state index is 13.7. The first kappa shape index (κ1) is 23.9. The first-order valence-electron chi connectivity index (χ1n) is 11.5. The average molecular weight is 477 g/mol. The Morgan fingerprint density at radius 2 is 1.97 bits per heavy atom. The fraction of sp³-hybridized carbons (Fsp3) is 0.625. The molecule has 0 saturated carbocycles. The molecule has 180 valence electrons. The number of nitrogens with one attached hydrogen (secondary N) is 1. The molecule has 9 heteroatoms. The van der Waals surface area contributed by atoms with E-state index < -0.39 is 27.4 Å². The fourth-order valence-electron chi connectivity index (χ4n) is 5.84. The van der Waals surface area contributed by atoms with Crippen LogP contribution >= 0.6 is 11.8 Å². The summed E-state index contributed by atoms with van der Waals surface area (Å²) in [6.45, 7) is 4.43. The highest BCUT2D eigenvalue weighted by Crippen LogP contribution is 2.71. The molecule has 33 heavy (non-hydrogen) atoms. The molecule has 2 N–H and O–H groups in total. The van der Waals surface area contributed by atoms with Crippen molar-refractivity contribution in [2.75, 3.05) is 32.2 Å². The second-order valence-corrected chi connectivity index (χ2v) is 11.1. The van der Waals surface area contributed by atoms with Gasteiger partial charge in [0, 0.05) is 23.6 Å². The van der Waals surface area contributed by atoms with Crippen molar-refractivity contribution in [2.24, 2.45) is 11.8 Å². The molecule has 4 rings (SSSR count). The molecule has 5 atom stereocenters. The highest BCUT2D eigenvalue weighted by atomic mass is 32.2. The lowest BCUT2D eigenvalue weighted by Gasteiger charge is -2.34. The Morgan fingerprint density at radius 3 is 2.61 bits per heavy atom. The quantitative estimate of drug-likeness (QED) is 0.417. The van der Waals surface area contributed by atoms with E-state index in [0.29, 0.717) is 37.2 Å². The number of esters is 1. The van der Waals surface area contributed by atoms with Gasteiger partial charge >= 0.3 is 5.97 Å². The molecule has 3 heterocycles. The van der Waals surface area contributed by atoms with E-state index in [1.165, 1.54) is 0 Å². The van der Waals surface area contributed by atoms with Gasteiger partial charge in [0.15, 0.2) is 0 Å². The van der Waals surface area contributed by atoms with Gasteiger partial charge in [-0.15, -0.1) is 11.8 Å². The minimum atomic E-state index is -0.693. The maximum absolute atomic E-state index is 13.7. The summed E-state index contributed by atoms with van der Waals surface area (Å²) in [6, 6.07) is 6.37. The lowest BCUT2D eigenvalue weighted by atomic mass is 9.66. The van der Waals surface area contributed by atoms with Gasteiger partial charge in [0.2, 0.25) is 11.8 Å². The highest BCUT2D eigenvalue weighted by Gasteiger charge is 2.77. The van der Waals surface area contributed by atoms with Crippen molar-refractivity contribution >= 4 is 35.2 Å². The number of hydrogen-bond donors (Lipinski definition) is 2. The summed E-state index contributed by atoms with van der Waals surface area (Å²) in [4.78, 5) is 42.0. The van der Waals surface area contributed by atoms with Gasteiger partial charge in [-0.05, 0) is 63.8 Å². The Hall–Kier alpha value is -2.26. The number of aliphatic hydroxyl groups excluding tert-OH is 1. The molecule has 3 fully saturated rings. The lowest BCUT2D eigenvalue weighted by molar-refractivity contribution is -0.155. The van der Waals surface area contributed by atoms with Gasteiger partial charge < -0.3 is 24.8 Å². The predicted molar refractivity (Wildman–Crippen MR) is 125 cm³/mol. The third kappa shape index (κ3) is 3.89. The number of carbonyl (C=O) groups is 3. The number of carbonyl (C=O) groups excluding carboxylic acids is 3. The Morgan fingerprint density at radius 1 is 1.24 bits per heavy atom. The zero-order valence-corrected chi connectivity index (χ0v) is 20.2. The van der Waals surface area contributed by atoms with Crippen LogP contribution in [0.25, 0.3) is 0 Å². The number of rotatable bonds is 9. The fourth-order valence-corrected chi connectivity index (χ4v) is 8.18. The largest absolute Gasteiger partial charge is 0.497 e. The number of methoxy groups -OCH3 is 1. The predicted octanol–water partition coefficient (Wildman–Crippen LogP) is 2.45. The van der Waals surface area contributed by atoms with E-state index in [9.17, 15) is 19.5 Å². The van der Waals surface area contributed by atoms with Crippen LogP contribution < -0.4 is 10.1 Å². The minimum Gasteiger partial charge on any atom is -0.497 e. The number of thioether (sulfide) groups is 1. The molecule has 0 radical (unpaired) electrons. The summed E-state index contributed by atoms with van der Waals surface area (Å²) in [5.74, 6) is -1.22. The van der Waals surface area contributed by atoms with Gasteiger partial charge in [-0.2, -0.15) is 0 Å². The zero-order chi connectivity index (χ0) is 23.8. The van der Waals surface area contributed by atoms with Gasteiger partial charge in [0.25, 0.3) is 0 Å². The Kier molecular flexibility index (Phi) is 6.64. The Labute approximate surface area is 198 Å². The summed E-state index contributed by atoms with van der Waals surface area (Å²) in [5, 5.41) is 12.2. The molecular formula is C24H32N2O6S. The number of hydrogen-bond acceptors (Lipinski definition) is 7. The first-order valence-corrected chi connectivity index (χ1v) is 12.4.